The molecule has 1 N–H and O–H groups in total. The van der Waals surface area contributed by atoms with Crippen molar-refractivity contribution in [2.75, 3.05) is 44.7 Å². The van der Waals surface area contributed by atoms with Gasteiger partial charge in [0, 0.05) is 32.7 Å². The average molecular weight is 394 g/mol. The third-order valence-corrected chi connectivity index (χ3v) is 7.54. The topological polar surface area (TPSA) is 79.0 Å². The van der Waals surface area contributed by atoms with Gasteiger partial charge in [-0.3, -0.25) is 4.79 Å². The highest BCUT2D eigenvalue weighted by atomic mass is 32.2. The number of anilines is 1. The van der Waals surface area contributed by atoms with E-state index < -0.39 is 10.0 Å². The molecule has 1 amide bonds. The molecular formula is C19H27N3O4S. The smallest absolute Gasteiger partial charge is 0.243 e. The number of piperidine rings is 1. The zero-order chi connectivity index (χ0) is 19.0. The minimum atomic E-state index is -3.64. The van der Waals surface area contributed by atoms with Gasteiger partial charge in [-0.2, -0.15) is 4.31 Å². The van der Waals surface area contributed by atoms with Gasteiger partial charge in [-0.15, -0.1) is 0 Å². The van der Waals surface area contributed by atoms with Gasteiger partial charge in [0.05, 0.1) is 23.0 Å². The molecule has 8 heteroatoms. The molecule has 1 aromatic carbocycles. The van der Waals surface area contributed by atoms with Gasteiger partial charge < -0.3 is 15.0 Å². The van der Waals surface area contributed by atoms with Crippen LogP contribution >= 0.6 is 0 Å². The Morgan fingerprint density at radius 3 is 2.85 bits per heavy atom. The van der Waals surface area contributed by atoms with Crippen LogP contribution in [0.15, 0.2) is 23.1 Å². The second kappa shape index (κ2) is 7.31. The molecule has 0 bridgehead atoms. The standard InChI is InChI=1S/C19H27N3O4S/c1-21-9-10-26-18-11-16(6-7-17(18)21)27(24,25)22-8-2-3-15(13-22)19(23)20-12-14-4-5-14/h6-7,11,14-15H,2-5,8-10,12-13H2,1H3,(H,20,23). The van der Waals surface area contributed by atoms with Crippen molar-refractivity contribution in [2.24, 2.45) is 11.8 Å². The van der Waals surface area contributed by atoms with Crippen molar-refractivity contribution in [1.82, 2.24) is 9.62 Å². The van der Waals surface area contributed by atoms with Crippen molar-refractivity contribution in [1.29, 1.82) is 0 Å². The SMILES string of the molecule is CN1CCOc2cc(S(=O)(=O)N3CCCC(C(=O)NCC4CC4)C3)ccc21. The van der Waals surface area contributed by atoms with Crippen LogP contribution in [0.2, 0.25) is 0 Å². The number of carbonyl (C=O) groups excluding carboxylic acids is 1. The Morgan fingerprint density at radius 2 is 2.07 bits per heavy atom. The molecule has 0 aromatic heterocycles. The number of fused-ring (bicyclic) bond motifs is 1. The first kappa shape index (κ1) is 18.6. The van der Waals surface area contributed by atoms with E-state index in [1.54, 1.807) is 18.2 Å². The Kier molecular flexibility index (Phi) is 5.03. The van der Waals surface area contributed by atoms with Crippen molar-refractivity contribution >= 4 is 21.6 Å². The summed E-state index contributed by atoms with van der Waals surface area (Å²) in [6, 6.07) is 5.04. The lowest BCUT2D eigenvalue weighted by molar-refractivity contribution is -0.126. The monoisotopic (exact) mass is 393 g/mol. The van der Waals surface area contributed by atoms with Crippen LogP contribution in [0.4, 0.5) is 5.69 Å². The van der Waals surface area contributed by atoms with Gasteiger partial charge in [-0.1, -0.05) is 0 Å². The van der Waals surface area contributed by atoms with E-state index >= 15 is 0 Å². The van der Waals surface area contributed by atoms with Crippen molar-refractivity contribution in [3.8, 4) is 5.75 Å². The maximum Gasteiger partial charge on any atom is 0.243 e. The van der Waals surface area contributed by atoms with Crippen molar-refractivity contribution < 1.29 is 17.9 Å². The summed E-state index contributed by atoms with van der Waals surface area (Å²) in [5.41, 5.74) is 0.899. The molecule has 1 atom stereocenters. The van der Waals surface area contributed by atoms with Crippen molar-refractivity contribution in [2.45, 2.75) is 30.6 Å². The van der Waals surface area contributed by atoms with Crippen LogP contribution in [-0.4, -0.2) is 58.5 Å². The van der Waals surface area contributed by atoms with Gasteiger partial charge in [0.1, 0.15) is 12.4 Å². The fourth-order valence-corrected chi connectivity index (χ4v) is 5.27. The summed E-state index contributed by atoms with van der Waals surface area (Å²) in [4.78, 5) is 14.7. The third-order valence-electron chi connectivity index (χ3n) is 5.68. The van der Waals surface area contributed by atoms with Crippen LogP contribution < -0.4 is 15.0 Å². The average Bonchev–Trinajstić information content (AvgIpc) is 3.50. The molecule has 1 saturated carbocycles. The number of rotatable bonds is 5. The molecule has 1 saturated heterocycles. The summed E-state index contributed by atoms with van der Waals surface area (Å²) in [6.07, 6.45) is 3.80. The number of hydrogen-bond donors (Lipinski definition) is 1. The van der Waals surface area contributed by atoms with Crippen LogP contribution in [0.1, 0.15) is 25.7 Å². The first-order valence-corrected chi connectivity index (χ1v) is 11.1. The molecule has 2 aliphatic heterocycles. The molecule has 2 heterocycles. The predicted octanol–water partition coefficient (Wildman–Crippen LogP) is 1.44. The summed E-state index contributed by atoms with van der Waals surface area (Å²) in [5, 5.41) is 2.99. The number of hydrogen-bond acceptors (Lipinski definition) is 5. The van der Waals surface area contributed by atoms with E-state index in [4.69, 9.17) is 4.74 Å². The highest BCUT2D eigenvalue weighted by Gasteiger charge is 2.34. The lowest BCUT2D eigenvalue weighted by Gasteiger charge is -2.32. The maximum absolute atomic E-state index is 13.1. The van der Waals surface area contributed by atoms with Gasteiger partial charge in [0.25, 0.3) is 0 Å². The Balaban J connectivity index is 1.48. The first-order valence-electron chi connectivity index (χ1n) is 9.71. The molecule has 2 fully saturated rings. The summed E-state index contributed by atoms with van der Waals surface area (Å²) < 4.78 is 33.3. The Morgan fingerprint density at radius 1 is 1.26 bits per heavy atom. The lowest BCUT2D eigenvalue weighted by atomic mass is 9.99. The maximum atomic E-state index is 13.1. The summed E-state index contributed by atoms with van der Waals surface area (Å²) in [5.74, 6) is 0.927. The number of nitrogens with zero attached hydrogens (tertiary/aromatic N) is 2. The van der Waals surface area contributed by atoms with Crippen LogP contribution in [0.5, 0.6) is 5.75 Å². The number of benzene rings is 1. The van der Waals surface area contributed by atoms with E-state index in [-0.39, 0.29) is 23.3 Å². The fraction of sp³-hybridized carbons (Fsp3) is 0.632. The molecule has 0 radical (unpaired) electrons. The highest BCUT2D eigenvalue weighted by Crippen LogP contribution is 2.34. The molecule has 27 heavy (non-hydrogen) atoms. The lowest BCUT2D eigenvalue weighted by Crippen LogP contribution is -2.45. The largest absolute Gasteiger partial charge is 0.490 e. The number of sulfonamides is 1. The molecule has 7 nitrogen and oxygen atoms in total. The van der Waals surface area contributed by atoms with Gasteiger partial charge in [0.15, 0.2) is 0 Å². The van der Waals surface area contributed by atoms with Crippen LogP contribution in [0, 0.1) is 11.8 Å². The molecule has 1 aromatic rings. The molecular weight excluding hydrogens is 366 g/mol. The number of ether oxygens (including phenoxy) is 1. The molecule has 148 valence electrons. The van der Waals surface area contributed by atoms with E-state index in [0.29, 0.717) is 31.2 Å². The summed E-state index contributed by atoms with van der Waals surface area (Å²) >= 11 is 0. The molecule has 3 aliphatic rings. The number of nitrogens with one attached hydrogen (secondary N) is 1. The highest BCUT2D eigenvalue weighted by molar-refractivity contribution is 7.89. The molecule has 1 unspecified atom stereocenters. The Labute approximate surface area is 160 Å². The third kappa shape index (κ3) is 3.91. The fourth-order valence-electron chi connectivity index (χ4n) is 3.73. The van der Waals surface area contributed by atoms with E-state index in [1.807, 2.05) is 7.05 Å². The summed E-state index contributed by atoms with van der Waals surface area (Å²) in [6.45, 7) is 2.74. The minimum Gasteiger partial charge on any atom is -0.490 e. The summed E-state index contributed by atoms with van der Waals surface area (Å²) in [7, 11) is -1.68. The molecule has 1 aliphatic carbocycles. The van der Waals surface area contributed by atoms with E-state index in [0.717, 1.165) is 25.2 Å². The van der Waals surface area contributed by atoms with Gasteiger partial charge in [-0.05, 0) is 43.7 Å². The number of amides is 1. The van der Waals surface area contributed by atoms with E-state index in [9.17, 15) is 13.2 Å². The zero-order valence-electron chi connectivity index (χ0n) is 15.7. The first-order chi connectivity index (χ1) is 12.9. The normalized spacial score (nSPS) is 23.4. The van der Waals surface area contributed by atoms with Crippen LogP contribution in [-0.2, 0) is 14.8 Å². The second-order valence-corrected chi connectivity index (χ2v) is 9.73. The number of likely N-dealkylation sites (N-methyl/N-ethyl adjacent to an activating group) is 1. The Bertz CT molecular complexity index is 822. The minimum absolute atomic E-state index is 0.0165. The molecule has 4 rings (SSSR count). The van der Waals surface area contributed by atoms with Gasteiger partial charge >= 0.3 is 0 Å². The van der Waals surface area contributed by atoms with Crippen molar-refractivity contribution in [3.05, 3.63) is 18.2 Å². The second-order valence-electron chi connectivity index (χ2n) is 7.79. The zero-order valence-corrected chi connectivity index (χ0v) is 16.5. The van der Waals surface area contributed by atoms with E-state index in [2.05, 4.69) is 10.2 Å². The number of carbonyl (C=O) groups is 1. The quantitative estimate of drug-likeness (QED) is 0.819. The van der Waals surface area contributed by atoms with Crippen molar-refractivity contribution in [3.63, 3.8) is 0 Å². The van der Waals surface area contributed by atoms with Crippen LogP contribution in [0.25, 0.3) is 0 Å². The molecule has 0 spiro atoms. The predicted molar refractivity (Wildman–Crippen MR) is 102 cm³/mol. The van der Waals surface area contributed by atoms with Crippen LogP contribution in [0.3, 0.4) is 0 Å². The van der Waals surface area contributed by atoms with Gasteiger partial charge in [-0.25, -0.2) is 8.42 Å². The van der Waals surface area contributed by atoms with Gasteiger partial charge in [0.2, 0.25) is 15.9 Å². The van der Waals surface area contributed by atoms with E-state index in [1.165, 1.54) is 17.1 Å². The Hall–Kier alpha value is -1.80.